The summed E-state index contributed by atoms with van der Waals surface area (Å²) in [7, 11) is 0. The summed E-state index contributed by atoms with van der Waals surface area (Å²) in [6.07, 6.45) is 0. The van der Waals surface area contributed by atoms with Crippen molar-refractivity contribution in [2.45, 2.75) is 13.8 Å². The Morgan fingerprint density at radius 3 is 2.71 bits per heavy atom. The van der Waals surface area contributed by atoms with Gasteiger partial charge in [0.05, 0.1) is 11.9 Å². The van der Waals surface area contributed by atoms with Gasteiger partial charge in [0.1, 0.15) is 27.9 Å². The van der Waals surface area contributed by atoms with Crippen LogP contribution < -0.4 is 15.6 Å². The lowest BCUT2D eigenvalue weighted by Crippen LogP contribution is -2.32. The van der Waals surface area contributed by atoms with Crippen LogP contribution in [0.5, 0.6) is 5.75 Å². The standard InChI is InChI=1S/C19H19N3O5S/c1-11-15-17(24)21-12(2)22-18(15)28-16(11)19(25)27-10-14(23)20-8-9-26-13-6-4-3-5-7-13/h3-7H,8-10H2,1-2H3,(H,20,23)(H,21,22,24). The van der Waals surface area contributed by atoms with Gasteiger partial charge in [-0.2, -0.15) is 0 Å². The topological polar surface area (TPSA) is 110 Å². The molecule has 8 nitrogen and oxygen atoms in total. The van der Waals surface area contributed by atoms with Gasteiger partial charge in [-0.1, -0.05) is 18.2 Å². The number of ether oxygens (including phenoxy) is 2. The first kappa shape index (κ1) is 19.6. The summed E-state index contributed by atoms with van der Waals surface area (Å²) in [5, 5.41) is 2.98. The quantitative estimate of drug-likeness (QED) is 0.463. The summed E-state index contributed by atoms with van der Waals surface area (Å²) in [6.45, 7) is 3.49. The highest BCUT2D eigenvalue weighted by molar-refractivity contribution is 7.20. The van der Waals surface area contributed by atoms with E-state index >= 15 is 0 Å². The average molecular weight is 401 g/mol. The SMILES string of the molecule is Cc1nc2sc(C(=O)OCC(=O)NCCOc3ccccc3)c(C)c2c(=O)[nH]1. The molecule has 0 bridgehead atoms. The Hall–Kier alpha value is -3.20. The summed E-state index contributed by atoms with van der Waals surface area (Å²) < 4.78 is 10.5. The number of fused-ring (bicyclic) bond motifs is 1. The largest absolute Gasteiger partial charge is 0.492 e. The third kappa shape index (κ3) is 4.55. The van der Waals surface area contributed by atoms with Crippen LogP contribution >= 0.6 is 11.3 Å². The number of para-hydroxylation sites is 1. The Morgan fingerprint density at radius 1 is 1.21 bits per heavy atom. The van der Waals surface area contributed by atoms with Gasteiger partial charge >= 0.3 is 5.97 Å². The number of aromatic amines is 1. The Morgan fingerprint density at radius 2 is 1.96 bits per heavy atom. The van der Waals surface area contributed by atoms with Crippen molar-refractivity contribution in [1.82, 2.24) is 15.3 Å². The first-order valence-corrected chi connectivity index (χ1v) is 9.39. The molecule has 3 aromatic rings. The number of esters is 1. The number of aryl methyl sites for hydroxylation is 2. The highest BCUT2D eigenvalue weighted by atomic mass is 32.1. The maximum Gasteiger partial charge on any atom is 0.349 e. The molecule has 9 heteroatoms. The van der Waals surface area contributed by atoms with Gasteiger partial charge < -0.3 is 19.8 Å². The summed E-state index contributed by atoms with van der Waals surface area (Å²) in [4.78, 5) is 43.8. The minimum Gasteiger partial charge on any atom is -0.492 e. The van der Waals surface area contributed by atoms with Crippen LogP contribution in [-0.2, 0) is 9.53 Å². The molecule has 0 aliphatic heterocycles. The molecule has 0 spiro atoms. The van der Waals surface area contributed by atoms with E-state index in [-0.39, 0.29) is 17.0 Å². The van der Waals surface area contributed by atoms with Gasteiger partial charge in [0.25, 0.3) is 11.5 Å². The molecule has 0 aliphatic carbocycles. The van der Waals surface area contributed by atoms with Gasteiger partial charge in [0.2, 0.25) is 0 Å². The highest BCUT2D eigenvalue weighted by Gasteiger charge is 2.20. The van der Waals surface area contributed by atoms with E-state index in [2.05, 4.69) is 15.3 Å². The van der Waals surface area contributed by atoms with Crippen LogP contribution in [0.4, 0.5) is 0 Å². The fourth-order valence-corrected chi connectivity index (χ4v) is 3.69. The van der Waals surface area contributed by atoms with Crippen molar-refractivity contribution in [2.24, 2.45) is 0 Å². The molecule has 0 atom stereocenters. The summed E-state index contributed by atoms with van der Waals surface area (Å²) in [6, 6.07) is 9.23. The number of nitrogens with zero attached hydrogens (tertiary/aromatic N) is 1. The Kier molecular flexibility index (Phi) is 6.05. The fraction of sp³-hybridized carbons (Fsp3) is 0.263. The minimum atomic E-state index is -0.659. The molecule has 0 saturated carbocycles. The second kappa shape index (κ2) is 8.66. The minimum absolute atomic E-state index is 0.263. The second-order valence-corrected chi connectivity index (χ2v) is 6.97. The number of thiophene rings is 1. The van der Waals surface area contributed by atoms with Crippen LogP contribution in [0.25, 0.3) is 10.2 Å². The van der Waals surface area contributed by atoms with Gasteiger partial charge in [-0.15, -0.1) is 11.3 Å². The van der Waals surface area contributed by atoms with Crippen molar-refractivity contribution in [3.8, 4) is 5.75 Å². The van der Waals surface area contributed by atoms with Crippen molar-refractivity contribution >= 4 is 33.4 Å². The number of rotatable bonds is 7. The Balaban J connectivity index is 1.50. The molecule has 2 heterocycles. The number of amides is 1. The van der Waals surface area contributed by atoms with E-state index < -0.39 is 18.5 Å². The highest BCUT2D eigenvalue weighted by Crippen LogP contribution is 2.27. The summed E-state index contributed by atoms with van der Waals surface area (Å²) in [5.41, 5.74) is 0.196. The van der Waals surface area contributed by atoms with Crippen LogP contribution in [-0.4, -0.2) is 41.6 Å². The van der Waals surface area contributed by atoms with Gasteiger partial charge in [-0.3, -0.25) is 9.59 Å². The lowest BCUT2D eigenvalue weighted by molar-refractivity contribution is -0.124. The van der Waals surface area contributed by atoms with Crippen molar-refractivity contribution in [2.75, 3.05) is 19.8 Å². The first-order chi connectivity index (χ1) is 13.5. The molecule has 0 saturated heterocycles. The molecule has 2 N–H and O–H groups in total. The maximum atomic E-state index is 12.3. The van der Waals surface area contributed by atoms with Gasteiger partial charge in [0, 0.05) is 0 Å². The van der Waals surface area contributed by atoms with E-state index in [1.165, 1.54) is 0 Å². The van der Waals surface area contributed by atoms with Crippen molar-refractivity contribution in [3.05, 3.63) is 57.0 Å². The van der Waals surface area contributed by atoms with Crippen LogP contribution in [0.1, 0.15) is 21.1 Å². The molecule has 0 radical (unpaired) electrons. The molecular formula is C19H19N3O5S. The molecule has 3 rings (SSSR count). The smallest absolute Gasteiger partial charge is 0.349 e. The van der Waals surface area contributed by atoms with Crippen molar-refractivity contribution in [1.29, 1.82) is 0 Å². The normalized spacial score (nSPS) is 10.6. The van der Waals surface area contributed by atoms with E-state index in [0.29, 0.717) is 34.0 Å². The Bertz CT molecular complexity index is 1060. The number of carbonyl (C=O) groups is 2. The molecule has 1 amide bonds. The molecule has 146 valence electrons. The maximum absolute atomic E-state index is 12.3. The third-order valence-corrected chi connectivity index (χ3v) is 5.04. The van der Waals surface area contributed by atoms with E-state index in [4.69, 9.17) is 9.47 Å². The first-order valence-electron chi connectivity index (χ1n) is 8.57. The summed E-state index contributed by atoms with van der Waals surface area (Å²) in [5.74, 6) is 0.0850. The molecular weight excluding hydrogens is 382 g/mol. The number of aromatic nitrogens is 2. The average Bonchev–Trinajstić information content (AvgIpc) is 3.00. The van der Waals surface area contributed by atoms with E-state index in [0.717, 1.165) is 11.3 Å². The second-order valence-electron chi connectivity index (χ2n) is 5.98. The zero-order valence-corrected chi connectivity index (χ0v) is 16.2. The predicted molar refractivity (Wildman–Crippen MR) is 105 cm³/mol. The van der Waals surface area contributed by atoms with Crippen LogP contribution in [0.2, 0.25) is 0 Å². The van der Waals surface area contributed by atoms with Gasteiger partial charge in [-0.05, 0) is 31.5 Å². The molecule has 2 aromatic heterocycles. The Labute approximate surface area is 164 Å². The molecule has 28 heavy (non-hydrogen) atoms. The number of carbonyl (C=O) groups excluding carboxylic acids is 2. The molecule has 0 aliphatic rings. The van der Waals surface area contributed by atoms with Crippen LogP contribution in [0, 0.1) is 13.8 Å². The third-order valence-electron chi connectivity index (χ3n) is 3.87. The predicted octanol–water partition coefficient (Wildman–Crippen LogP) is 1.95. The molecule has 0 unspecified atom stereocenters. The zero-order chi connectivity index (χ0) is 20.1. The van der Waals surface area contributed by atoms with Gasteiger partial charge in [-0.25, -0.2) is 9.78 Å². The van der Waals surface area contributed by atoms with Crippen LogP contribution in [0.3, 0.4) is 0 Å². The summed E-state index contributed by atoms with van der Waals surface area (Å²) >= 11 is 1.07. The van der Waals surface area contributed by atoms with Crippen LogP contribution in [0.15, 0.2) is 35.1 Å². The monoisotopic (exact) mass is 401 g/mol. The number of benzene rings is 1. The number of hydrogen-bond donors (Lipinski definition) is 2. The fourth-order valence-electron chi connectivity index (χ4n) is 2.57. The lowest BCUT2D eigenvalue weighted by Gasteiger charge is -2.08. The number of hydrogen-bond acceptors (Lipinski definition) is 7. The van der Waals surface area contributed by atoms with Crippen molar-refractivity contribution < 1.29 is 19.1 Å². The number of nitrogens with one attached hydrogen (secondary N) is 2. The van der Waals surface area contributed by atoms with E-state index in [1.54, 1.807) is 13.8 Å². The molecule has 1 aromatic carbocycles. The van der Waals surface area contributed by atoms with E-state index in [1.807, 2.05) is 30.3 Å². The van der Waals surface area contributed by atoms with Crippen molar-refractivity contribution in [3.63, 3.8) is 0 Å². The number of H-pyrrole nitrogens is 1. The van der Waals surface area contributed by atoms with Gasteiger partial charge in [0.15, 0.2) is 6.61 Å². The molecule has 0 fully saturated rings. The lowest BCUT2D eigenvalue weighted by atomic mass is 10.2. The van der Waals surface area contributed by atoms with E-state index in [9.17, 15) is 14.4 Å². The zero-order valence-electron chi connectivity index (χ0n) is 15.4.